The summed E-state index contributed by atoms with van der Waals surface area (Å²) in [5.74, 6) is 2.45. The highest BCUT2D eigenvalue weighted by atomic mass is 16.3. The normalized spacial score (nSPS) is 23.2. The molecule has 0 radical (unpaired) electrons. The van der Waals surface area contributed by atoms with E-state index >= 15 is 0 Å². The highest BCUT2D eigenvalue weighted by Gasteiger charge is 2.28. The number of nitrogens with one attached hydrogen (secondary N) is 1. The van der Waals surface area contributed by atoms with Crippen molar-refractivity contribution in [2.45, 2.75) is 83.7 Å². The molecule has 0 bridgehead atoms. The molecule has 192 valence electrons. The molecule has 2 heterocycles. The van der Waals surface area contributed by atoms with E-state index in [0.717, 1.165) is 43.0 Å². The lowest BCUT2D eigenvalue weighted by Crippen LogP contribution is -2.39. The first-order valence-electron chi connectivity index (χ1n) is 14.2. The fraction of sp³-hybridized carbons (Fsp3) is 0.531. The van der Waals surface area contributed by atoms with Crippen LogP contribution in [0.4, 0.5) is 0 Å². The molecule has 1 saturated heterocycles. The van der Waals surface area contributed by atoms with Crippen LogP contribution in [-0.4, -0.2) is 29.9 Å². The van der Waals surface area contributed by atoms with E-state index in [1.807, 2.05) is 24.5 Å². The summed E-state index contributed by atoms with van der Waals surface area (Å²) in [4.78, 5) is 15.5. The minimum absolute atomic E-state index is 0.0814. The van der Waals surface area contributed by atoms with Crippen LogP contribution >= 0.6 is 0 Å². The first-order valence-corrected chi connectivity index (χ1v) is 14.2. The van der Waals surface area contributed by atoms with Gasteiger partial charge in [-0.2, -0.15) is 0 Å². The Hall–Kier alpha value is -2.59. The van der Waals surface area contributed by atoms with Crippen molar-refractivity contribution in [2.24, 2.45) is 11.8 Å². The van der Waals surface area contributed by atoms with Crippen LogP contribution in [0.3, 0.4) is 0 Å². The lowest BCUT2D eigenvalue weighted by molar-refractivity contribution is 0.0915. The van der Waals surface area contributed by atoms with Gasteiger partial charge in [-0.1, -0.05) is 44.5 Å². The number of amides is 1. The van der Waals surface area contributed by atoms with Crippen LogP contribution in [0.1, 0.15) is 92.7 Å². The second kappa shape index (κ2) is 11.6. The summed E-state index contributed by atoms with van der Waals surface area (Å²) in [7, 11) is 0. The molecule has 0 spiro atoms. The van der Waals surface area contributed by atoms with Crippen molar-refractivity contribution in [3.05, 3.63) is 71.5 Å². The van der Waals surface area contributed by atoms with Crippen molar-refractivity contribution >= 4 is 5.91 Å². The molecule has 2 aliphatic heterocycles. The first-order chi connectivity index (χ1) is 17.5. The monoisotopic (exact) mass is 486 g/mol. The van der Waals surface area contributed by atoms with Crippen molar-refractivity contribution in [3.63, 3.8) is 0 Å². The van der Waals surface area contributed by atoms with Gasteiger partial charge >= 0.3 is 0 Å². The Balaban J connectivity index is 1.08. The highest BCUT2D eigenvalue weighted by molar-refractivity contribution is 5.94. The van der Waals surface area contributed by atoms with Crippen LogP contribution in [0.25, 0.3) is 11.3 Å². The molecule has 4 nitrogen and oxygen atoms in total. The SMILES string of the molecule is CC(C)Cc1ccc(C(=O)N[C@H]2CC[C@H](CCN3CCCCC3c3coc4cccc-4c3)CC2)cc1. The largest absolute Gasteiger partial charge is 0.464 e. The average Bonchev–Trinajstić information content (AvgIpc) is 3.36. The number of rotatable bonds is 8. The Morgan fingerprint density at radius 1 is 1.03 bits per heavy atom. The maximum atomic E-state index is 12.8. The van der Waals surface area contributed by atoms with Gasteiger partial charge in [0.05, 0.1) is 6.26 Å². The molecule has 1 amide bonds. The zero-order chi connectivity index (χ0) is 24.9. The molecular formula is C32H42N2O2. The number of carbonyl (C=O) groups excluding carboxylic acids is 1. The number of hydrogen-bond acceptors (Lipinski definition) is 3. The number of likely N-dealkylation sites (tertiary alicyclic amines) is 1. The smallest absolute Gasteiger partial charge is 0.251 e. The highest BCUT2D eigenvalue weighted by Crippen LogP contribution is 2.36. The molecule has 2 fully saturated rings. The van der Waals surface area contributed by atoms with Gasteiger partial charge in [0, 0.05) is 28.8 Å². The van der Waals surface area contributed by atoms with Crippen molar-refractivity contribution in [1.29, 1.82) is 0 Å². The molecule has 1 aromatic rings. The number of piperidine rings is 1. The Labute approximate surface area is 216 Å². The van der Waals surface area contributed by atoms with E-state index in [9.17, 15) is 4.79 Å². The zero-order valence-electron chi connectivity index (χ0n) is 22.0. The second-order valence-corrected chi connectivity index (χ2v) is 11.5. The number of hydrogen-bond donors (Lipinski definition) is 1. The molecule has 1 aromatic carbocycles. The van der Waals surface area contributed by atoms with E-state index in [-0.39, 0.29) is 5.91 Å². The lowest BCUT2D eigenvalue weighted by Gasteiger charge is -2.37. The quantitative estimate of drug-likeness (QED) is 0.359. The molecule has 36 heavy (non-hydrogen) atoms. The summed E-state index contributed by atoms with van der Waals surface area (Å²) in [6.45, 7) is 6.80. The van der Waals surface area contributed by atoms with Crippen molar-refractivity contribution in [1.82, 2.24) is 10.2 Å². The summed E-state index contributed by atoms with van der Waals surface area (Å²) in [6.07, 6.45) is 12.7. The Kier molecular flexibility index (Phi) is 8.11. The third kappa shape index (κ3) is 6.21. The molecule has 1 saturated carbocycles. The van der Waals surface area contributed by atoms with Gasteiger partial charge in [-0.25, -0.2) is 0 Å². The number of fused-ring (bicyclic) bond motifs is 1. The summed E-state index contributed by atoms with van der Waals surface area (Å²) < 4.78 is 5.91. The van der Waals surface area contributed by atoms with Crippen molar-refractivity contribution in [3.8, 4) is 11.3 Å². The summed E-state index contributed by atoms with van der Waals surface area (Å²) in [6, 6.07) is 17.5. The molecule has 1 N–H and O–H groups in total. The maximum absolute atomic E-state index is 12.8. The van der Waals surface area contributed by atoms with Crippen LogP contribution in [0, 0.1) is 11.8 Å². The standard InChI is InChI=1S/C32H42N2O2/c1-23(2)20-25-9-13-26(14-10-25)32(35)33-29-15-11-24(12-16-29)17-19-34-18-4-3-7-30(34)28-21-27-6-5-8-31(27)36-22-28/h5-6,8-10,13-14,21-24,29-30H,3-4,7,11-12,15-20H2,1-2H3,(H,33,35)/t24-,29-,30?. The Bertz CT molecular complexity index is 1080. The molecule has 4 aliphatic rings. The topological polar surface area (TPSA) is 45.5 Å². The number of nitrogens with zero attached hydrogens (tertiary/aromatic N) is 1. The maximum Gasteiger partial charge on any atom is 0.251 e. The second-order valence-electron chi connectivity index (χ2n) is 11.5. The van der Waals surface area contributed by atoms with E-state index in [1.165, 1.54) is 61.8 Å². The predicted molar refractivity (Wildman–Crippen MR) is 146 cm³/mol. The van der Waals surface area contributed by atoms with E-state index < -0.39 is 0 Å². The third-order valence-electron chi connectivity index (χ3n) is 8.32. The van der Waals surface area contributed by atoms with Gasteiger partial charge < -0.3 is 9.73 Å². The molecule has 0 aromatic heterocycles. The van der Waals surface area contributed by atoms with Gasteiger partial charge in [-0.15, -0.1) is 0 Å². The van der Waals surface area contributed by atoms with Gasteiger partial charge in [0.1, 0.15) is 5.76 Å². The molecule has 4 heteroatoms. The van der Waals surface area contributed by atoms with Crippen LogP contribution < -0.4 is 5.32 Å². The first kappa shape index (κ1) is 25.1. The lowest BCUT2D eigenvalue weighted by atomic mass is 9.83. The minimum atomic E-state index is 0.0814. The van der Waals surface area contributed by atoms with Crippen LogP contribution in [0.5, 0.6) is 0 Å². The van der Waals surface area contributed by atoms with E-state index in [0.29, 0.717) is 18.0 Å². The van der Waals surface area contributed by atoms with Gasteiger partial charge in [-0.05, 0) is 106 Å². The number of carbonyl (C=O) groups is 1. The molecule has 5 rings (SSSR count). The summed E-state index contributed by atoms with van der Waals surface area (Å²) in [5, 5.41) is 3.30. The molecule has 2 aliphatic carbocycles. The van der Waals surface area contributed by atoms with Gasteiger partial charge in [0.2, 0.25) is 0 Å². The van der Waals surface area contributed by atoms with Crippen LogP contribution in [0.2, 0.25) is 0 Å². The summed E-state index contributed by atoms with van der Waals surface area (Å²) >= 11 is 0. The van der Waals surface area contributed by atoms with Crippen molar-refractivity contribution in [2.75, 3.05) is 13.1 Å². The van der Waals surface area contributed by atoms with Crippen LogP contribution in [-0.2, 0) is 6.42 Å². The molecular weight excluding hydrogens is 444 g/mol. The minimum Gasteiger partial charge on any atom is -0.464 e. The predicted octanol–water partition coefficient (Wildman–Crippen LogP) is 7.49. The van der Waals surface area contributed by atoms with Crippen molar-refractivity contribution < 1.29 is 9.21 Å². The fourth-order valence-corrected chi connectivity index (χ4v) is 6.28. The number of benzene rings is 1. The van der Waals surface area contributed by atoms with E-state index in [1.54, 1.807) is 0 Å². The van der Waals surface area contributed by atoms with Gasteiger partial charge in [0.15, 0.2) is 0 Å². The van der Waals surface area contributed by atoms with E-state index in [2.05, 4.69) is 54.4 Å². The Morgan fingerprint density at radius 3 is 2.61 bits per heavy atom. The molecule has 1 atom stereocenters. The Morgan fingerprint density at radius 2 is 1.83 bits per heavy atom. The van der Waals surface area contributed by atoms with E-state index in [4.69, 9.17) is 4.42 Å². The molecule has 1 unspecified atom stereocenters. The summed E-state index contributed by atoms with van der Waals surface area (Å²) in [5.41, 5.74) is 4.63. The zero-order valence-corrected chi connectivity index (χ0v) is 22.0. The third-order valence-corrected chi connectivity index (χ3v) is 8.32. The van der Waals surface area contributed by atoms with Gasteiger partial charge in [0.25, 0.3) is 5.91 Å². The fourth-order valence-electron chi connectivity index (χ4n) is 6.28. The average molecular weight is 487 g/mol. The van der Waals surface area contributed by atoms with Crippen LogP contribution in [0.15, 0.2) is 59.2 Å². The van der Waals surface area contributed by atoms with Gasteiger partial charge in [-0.3, -0.25) is 9.69 Å².